The zero-order valence-electron chi connectivity index (χ0n) is 9.45. The standard InChI is InChI=1S/C11H21NO3/c1-2-3-4-10(11(13)14)9-12-5-7-15-8-6-12/h10H,2-9H2,1H3,(H,13,14). The molecule has 4 heteroatoms. The molecule has 1 rings (SSSR count). The van der Waals surface area contributed by atoms with E-state index >= 15 is 0 Å². The summed E-state index contributed by atoms with van der Waals surface area (Å²) in [7, 11) is 0. The average Bonchev–Trinajstić information content (AvgIpc) is 2.25. The van der Waals surface area contributed by atoms with Crippen molar-refractivity contribution in [2.75, 3.05) is 32.8 Å². The highest BCUT2D eigenvalue weighted by atomic mass is 16.5. The normalized spacial score (nSPS) is 20.1. The summed E-state index contributed by atoms with van der Waals surface area (Å²) in [6.45, 7) is 5.98. The second kappa shape index (κ2) is 6.80. The van der Waals surface area contributed by atoms with Gasteiger partial charge in [0, 0.05) is 19.6 Å². The van der Waals surface area contributed by atoms with E-state index in [0.717, 1.165) is 45.6 Å². The summed E-state index contributed by atoms with van der Waals surface area (Å²) in [5.41, 5.74) is 0. The van der Waals surface area contributed by atoms with E-state index < -0.39 is 5.97 Å². The number of ether oxygens (including phenoxy) is 1. The van der Waals surface area contributed by atoms with Gasteiger partial charge in [0.25, 0.3) is 0 Å². The molecular formula is C11H21NO3. The molecule has 1 atom stereocenters. The summed E-state index contributed by atoms with van der Waals surface area (Å²) in [6, 6.07) is 0. The van der Waals surface area contributed by atoms with Gasteiger partial charge in [-0.1, -0.05) is 19.8 Å². The van der Waals surface area contributed by atoms with Crippen molar-refractivity contribution in [3.05, 3.63) is 0 Å². The van der Waals surface area contributed by atoms with Crippen LogP contribution in [0.5, 0.6) is 0 Å². The minimum atomic E-state index is -0.657. The van der Waals surface area contributed by atoms with Crippen LogP contribution in [0.15, 0.2) is 0 Å². The Labute approximate surface area is 91.2 Å². The number of unbranched alkanes of at least 4 members (excludes halogenated alkanes) is 1. The van der Waals surface area contributed by atoms with Crippen LogP contribution in [0.25, 0.3) is 0 Å². The zero-order valence-corrected chi connectivity index (χ0v) is 9.45. The van der Waals surface area contributed by atoms with Crippen molar-refractivity contribution in [3.8, 4) is 0 Å². The molecule has 0 aromatic carbocycles. The number of hydrogen-bond donors (Lipinski definition) is 1. The van der Waals surface area contributed by atoms with Crippen molar-refractivity contribution in [1.29, 1.82) is 0 Å². The predicted octanol–water partition coefficient (Wildman–Crippen LogP) is 1.21. The number of morpholine rings is 1. The minimum absolute atomic E-state index is 0.206. The number of carbonyl (C=O) groups is 1. The van der Waals surface area contributed by atoms with Crippen molar-refractivity contribution in [2.24, 2.45) is 5.92 Å². The summed E-state index contributed by atoms with van der Waals surface area (Å²) >= 11 is 0. The lowest BCUT2D eigenvalue weighted by Gasteiger charge is -2.28. The van der Waals surface area contributed by atoms with E-state index in [2.05, 4.69) is 11.8 Å². The lowest BCUT2D eigenvalue weighted by atomic mass is 10.0. The van der Waals surface area contributed by atoms with Crippen molar-refractivity contribution in [2.45, 2.75) is 26.2 Å². The van der Waals surface area contributed by atoms with Crippen LogP contribution in [0.2, 0.25) is 0 Å². The molecule has 1 aliphatic rings. The van der Waals surface area contributed by atoms with Gasteiger partial charge in [0.15, 0.2) is 0 Å². The summed E-state index contributed by atoms with van der Waals surface area (Å²) in [4.78, 5) is 13.2. The van der Waals surface area contributed by atoms with E-state index in [1.54, 1.807) is 0 Å². The largest absolute Gasteiger partial charge is 0.481 e. The highest BCUT2D eigenvalue weighted by molar-refractivity contribution is 5.70. The Kier molecular flexibility index (Phi) is 5.65. The van der Waals surface area contributed by atoms with Gasteiger partial charge in [0.05, 0.1) is 19.1 Å². The fraction of sp³-hybridized carbons (Fsp3) is 0.909. The van der Waals surface area contributed by atoms with E-state index in [1.165, 1.54) is 0 Å². The number of hydrogen-bond acceptors (Lipinski definition) is 3. The number of rotatable bonds is 6. The molecule has 1 saturated heterocycles. The lowest BCUT2D eigenvalue weighted by molar-refractivity contribution is -0.143. The summed E-state index contributed by atoms with van der Waals surface area (Å²) < 4.78 is 5.23. The third-order valence-electron chi connectivity index (χ3n) is 2.84. The Bertz CT molecular complexity index is 190. The molecule has 0 aromatic rings. The molecule has 0 saturated carbocycles. The van der Waals surface area contributed by atoms with Gasteiger partial charge in [-0.05, 0) is 6.42 Å². The van der Waals surface area contributed by atoms with Crippen LogP contribution in [-0.2, 0) is 9.53 Å². The first-order valence-electron chi connectivity index (χ1n) is 5.77. The van der Waals surface area contributed by atoms with Crippen LogP contribution in [0.4, 0.5) is 0 Å². The zero-order chi connectivity index (χ0) is 11.1. The first kappa shape index (κ1) is 12.5. The minimum Gasteiger partial charge on any atom is -0.481 e. The highest BCUT2D eigenvalue weighted by Crippen LogP contribution is 2.12. The summed E-state index contributed by atoms with van der Waals surface area (Å²) in [6.07, 6.45) is 2.86. The molecule has 1 N–H and O–H groups in total. The molecule has 0 amide bonds. The smallest absolute Gasteiger partial charge is 0.307 e. The molecule has 1 unspecified atom stereocenters. The van der Waals surface area contributed by atoms with Gasteiger partial charge < -0.3 is 9.84 Å². The molecule has 0 aliphatic carbocycles. The first-order chi connectivity index (χ1) is 7.24. The predicted molar refractivity (Wildman–Crippen MR) is 57.9 cm³/mol. The Morgan fingerprint density at radius 3 is 2.67 bits per heavy atom. The van der Waals surface area contributed by atoms with Crippen molar-refractivity contribution in [3.63, 3.8) is 0 Å². The monoisotopic (exact) mass is 215 g/mol. The van der Waals surface area contributed by atoms with Crippen LogP contribution >= 0.6 is 0 Å². The van der Waals surface area contributed by atoms with Gasteiger partial charge in [0.2, 0.25) is 0 Å². The first-order valence-corrected chi connectivity index (χ1v) is 5.77. The SMILES string of the molecule is CCCCC(CN1CCOCC1)C(=O)O. The van der Waals surface area contributed by atoms with E-state index in [1.807, 2.05) is 0 Å². The molecule has 1 aliphatic heterocycles. The molecule has 4 nitrogen and oxygen atoms in total. The van der Waals surface area contributed by atoms with Gasteiger partial charge in [-0.2, -0.15) is 0 Å². The fourth-order valence-electron chi connectivity index (χ4n) is 1.84. The van der Waals surface area contributed by atoms with Crippen molar-refractivity contribution >= 4 is 5.97 Å². The average molecular weight is 215 g/mol. The van der Waals surface area contributed by atoms with E-state index in [9.17, 15) is 4.79 Å². The molecule has 88 valence electrons. The summed E-state index contributed by atoms with van der Waals surface area (Å²) in [5, 5.41) is 9.07. The number of nitrogens with zero attached hydrogens (tertiary/aromatic N) is 1. The van der Waals surface area contributed by atoms with Crippen LogP contribution in [0.1, 0.15) is 26.2 Å². The Hall–Kier alpha value is -0.610. The summed E-state index contributed by atoms with van der Waals surface area (Å²) in [5.74, 6) is -0.863. The third-order valence-corrected chi connectivity index (χ3v) is 2.84. The second-order valence-electron chi connectivity index (χ2n) is 4.09. The molecule has 0 aromatic heterocycles. The van der Waals surface area contributed by atoms with Crippen LogP contribution in [0, 0.1) is 5.92 Å². The van der Waals surface area contributed by atoms with E-state index in [4.69, 9.17) is 9.84 Å². The molecule has 0 radical (unpaired) electrons. The molecule has 0 bridgehead atoms. The van der Waals surface area contributed by atoms with Gasteiger partial charge in [0.1, 0.15) is 0 Å². The Morgan fingerprint density at radius 1 is 1.47 bits per heavy atom. The molecule has 1 heterocycles. The maximum absolute atomic E-state index is 11.0. The quantitative estimate of drug-likeness (QED) is 0.723. The molecule has 1 fully saturated rings. The van der Waals surface area contributed by atoms with Gasteiger partial charge in [-0.25, -0.2) is 0 Å². The highest BCUT2D eigenvalue weighted by Gasteiger charge is 2.21. The molecule has 15 heavy (non-hydrogen) atoms. The second-order valence-corrected chi connectivity index (χ2v) is 4.09. The van der Waals surface area contributed by atoms with Crippen LogP contribution in [0.3, 0.4) is 0 Å². The van der Waals surface area contributed by atoms with Crippen LogP contribution in [-0.4, -0.2) is 48.8 Å². The van der Waals surface area contributed by atoms with Crippen LogP contribution < -0.4 is 0 Å². The van der Waals surface area contributed by atoms with E-state index in [0.29, 0.717) is 6.54 Å². The topological polar surface area (TPSA) is 49.8 Å². The molecular weight excluding hydrogens is 194 g/mol. The van der Waals surface area contributed by atoms with Gasteiger partial charge in [-0.3, -0.25) is 9.69 Å². The number of carboxylic acids is 1. The number of carboxylic acid groups (broad SMARTS) is 1. The Morgan fingerprint density at radius 2 is 2.13 bits per heavy atom. The van der Waals surface area contributed by atoms with Gasteiger partial charge in [-0.15, -0.1) is 0 Å². The van der Waals surface area contributed by atoms with Crippen molar-refractivity contribution in [1.82, 2.24) is 4.90 Å². The van der Waals surface area contributed by atoms with E-state index in [-0.39, 0.29) is 5.92 Å². The van der Waals surface area contributed by atoms with Crippen molar-refractivity contribution < 1.29 is 14.6 Å². The molecule has 0 spiro atoms. The maximum atomic E-state index is 11.0. The lowest BCUT2D eigenvalue weighted by Crippen LogP contribution is -2.41. The number of aliphatic carboxylic acids is 1. The Balaban J connectivity index is 2.31. The third kappa shape index (κ3) is 4.62. The fourth-order valence-corrected chi connectivity index (χ4v) is 1.84. The maximum Gasteiger partial charge on any atom is 0.307 e. The van der Waals surface area contributed by atoms with Gasteiger partial charge >= 0.3 is 5.97 Å².